The summed E-state index contributed by atoms with van der Waals surface area (Å²) in [6, 6.07) is 0. The van der Waals surface area contributed by atoms with Crippen molar-refractivity contribution in [2.45, 2.75) is 45.6 Å². The Hall–Kier alpha value is -0.430. The average Bonchev–Trinajstić information content (AvgIpc) is 2.32. The zero-order valence-electron chi connectivity index (χ0n) is 10.5. The number of nitrogens with one attached hydrogen (secondary N) is 1. The number of aromatic nitrogens is 2. The highest BCUT2D eigenvalue weighted by atomic mass is 127. The summed E-state index contributed by atoms with van der Waals surface area (Å²) in [4.78, 5) is 19.1. The molecule has 1 unspecified atom stereocenters. The Bertz CT molecular complexity index is 417. The fourth-order valence-corrected chi connectivity index (χ4v) is 2.23. The van der Waals surface area contributed by atoms with Crippen molar-refractivity contribution in [3.63, 3.8) is 0 Å². The third-order valence-corrected chi connectivity index (χ3v) is 3.69. The Balaban J connectivity index is 3.12. The van der Waals surface area contributed by atoms with Crippen molar-refractivity contribution in [2.24, 2.45) is 0 Å². The van der Waals surface area contributed by atoms with Crippen LogP contribution in [0.25, 0.3) is 0 Å². The van der Waals surface area contributed by atoms with E-state index in [9.17, 15) is 4.79 Å². The van der Waals surface area contributed by atoms with E-state index in [2.05, 4.69) is 46.4 Å². The lowest BCUT2D eigenvalue weighted by atomic mass is 10.2. The van der Waals surface area contributed by atoms with E-state index in [1.165, 1.54) is 0 Å². The maximum absolute atomic E-state index is 11.8. The highest BCUT2D eigenvalue weighted by Gasteiger charge is 2.15. The third kappa shape index (κ3) is 3.77. The minimum atomic E-state index is -0.111. The number of H-pyrrole nitrogens is 1. The van der Waals surface area contributed by atoms with Crippen molar-refractivity contribution in [3.05, 3.63) is 25.4 Å². The number of aryl methyl sites for hydroxylation is 1. The smallest absolute Gasteiger partial charge is 0.264 e. The quantitative estimate of drug-likeness (QED) is 0.803. The molecular weight excluding hydrogens is 331 g/mol. The van der Waals surface area contributed by atoms with Gasteiger partial charge in [-0.3, -0.25) is 4.79 Å². The molecule has 17 heavy (non-hydrogen) atoms. The normalized spacial score (nSPS) is 12.7. The molecule has 1 rings (SSSR count). The van der Waals surface area contributed by atoms with Gasteiger partial charge in [0.05, 0.1) is 9.26 Å². The van der Waals surface area contributed by atoms with Crippen LogP contribution in [0.3, 0.4) is 0 Å². The summed E-state index contributed by atoms with van der Waals surface area (Å²) in [5.41, 5.74) is 0.821. The highest BCUT2D eigenvalue weighted by Crippen LogP contribution is 2.19. The minimum Gasteiger partial charge on any atom is -0.374 e. The van der Waals surface area contributed by atoms with Gasteiger partial charge in [-0.1, -0.05) is 26.7 Å². The van der Waals surface area contributed by atoms with Gasteiger partial charge in [0.15, 0.2) is 0 Å². The van der Waals surface area contributed by atoms with E-state index in [-0.39, 0.29) is 11.7 Å². The molecule has 1 aromatic rings. The van der Waals surface area contributed by atoms with Crippen molar-refractivity contribution in [1.29, 1.82) is 0 Å². The maximum Gasteiger partial charge on any atom is 0.264 e. The SMILES string of the molecule is CCCc1nc(C(CCC)OC)[nH]c(=O)c1I. The van der Waals surface area contributed by atoms with Gasteiger partial charge in [-0.05, 0) is 35.4 Å². The van der Waals surface area contributed by atoms with E-state index in [1.54, 1.807) is 7.11 Å². The molecule has 1 N–H and O–H groups in total. The molecule has 0 spiro atoms. The second-order valence-electron chi connectivity index (χ2n) is 3.97. The minimum absolute atomic E-state index is 0.0581. The molecule has 96 valence electrons. The second kappa shape index (κ2) is 7.10. The lowest BCUT2D eigenvalue weighted by Crippen LogP contribution is -2.20. The molecule has 0 bridgehead atoms. The van der Waals surface area contributed by atoms with Crippen LogP contribution in [0.4, 0.5) is 0 Å². The summed E-state index contributed by atoms with van der Waals surface area (Å²) in [5, 5.41) is 0. The fourth-order valence-electron chi connectivity index (χ4n) is 1.71. The summed E-state index contributed by atoms with van der Waals surface area (Å²) in [5.74, 6) is 0.656. The number of methoxy groups -OCH3 is 1. The first kappa shape index (κ1) is 14.6. The van der Waals surface area contributed by atoms with Gasteiger partial charge in [0.2, 0.25) is 0 Å². The number of halogens is 1. The first-order valence-electron chi connectivity index (χ1n) is 5.95. The third-order valence-electron chi connectivity index (χ3n) is 2.58. The van der Waals surface area contributed by atoms with Gasteiger partial charge >= 0.3 is 0 Å². The Labute approximate surface area is 115 Å². The van der Waals surface area contributed by atoms with Crippen molar-refractivity contribution < 1.29 is 4.74 Å². The molecule has 0 saturated heterocycles. The van der Waals surface area contributed by atoms with Crippen molar-refractivity contribution in [1.82, 2.24) is 9.97 Å². The Morgan fingerprint density at radius 1 is 1.41 bits per heavy atom. The first-order chi connectivity index (χ1) is 8.13. The van der Waals surface area contributed by atoms with Gasteiger partial charge in [0, 0.05) is 7.11 Å². The molecule has 0 aromatic carbocycles. The van der Waals surface area contributed by atoms with Crippen LogP contribution in [0.15, 0.2) is 4.79 Å². The fraction of sp³-hybridized carbons (Fsp3) is 0.667. The monoisotopic (exact) mass is 350 g/mol. The predicted octanol–water partition coefficient (Wildman–Crippen LogP) is 2.81. The first-order valence-corrected chi connectivity index (χ1v) is 7.03. The molecule has 4 nitrogen and oxygen atoms in total. The Morgan fingerprint density at radius 3 is 2.65 bits per heavy atom. The standard InChI is InChI=1S/C12H19IN2O2/c1-4-6-8-10(13)12(16)15-11(14-8)9(17-3)7-5-2/h9H,4-7H2,1-3H3,(H,14,15,16). The van der Waals surface area contributed by atoms with Crippen LogP contribution in [0.5, 0.6) is 0 Å². The zero-order chi connectivity index (χ0) is 12.8. The molecule has 0 amide bonds. The van der Waals surface area contributed by atoms with E-state index in [0.29, 0.717) is 9.39 Å². The summed E-state index contributed by atoms with van der Waals surface area (Å²) in [7, 11) is 1.65. The van der Waals surface area contributed by atoms with E-state index in [1.807, 2.05) is 0 Å². The summed E-state index contributed by atoms with van der Waals surface area (Å²) in [6.07, 6.45) is 3.57. The number of ether oxygens (including phenoxy) is 1. The maximum atomic E-state index is 11.8. The average molecular weight is 350 g/mol. The van der Waals surface area contributed by atoms with Crippen LogP contribution in [-0.2, 0) is 11.2 Å². The Morgan fingerprint density at radius 2 is 2.12 bits per heavy atom. The number of hydrogen-bond donors (Lipinski definition) is 1. The topological polar surface area (TPSA) is 55.0 Å². The molecule has 0 aliphatic carbocycles. The molecule has 0 saturated carbocycles. The number of nitrogens with zero attached hydrogens (tertiary/aromatic N) is 1. The van der Waals surface area contributed by atoms with Gasteiger partial charge in [-0.2, -0.15) is 0 Å². The molecule has 0 aliphatic rings. The largest absolute Gasteiger partial charge is 0.374 e. The van der Waals surface area contributed by atoms with Crippen LogP contribution in [0.1, 0.15) is 50.7 Å². The lowest BCUT2D eigenvalue weighted by Gasteiger charge is -2.14. The predicted molar refractivity (Wildman–Crippen MR) is 76.2 cm³/mol. The zero-order valence-corrected chi connectivity index (χ0v) is 12.7. The van der Waals surface area contributed by atoms with Gasteiger partial charge < -0.3 is 9.72 Å². The van der Waals surface area contributed by atoms with Gasteiger partial charge in [0.1, 0.15) is 11.9 Å². The van der Waals surface area contributed by atoms with E-state index >= 15 is 0 Å². The van der Waals surface area contributed by atoms with Crippen molar-refractivity contribution >= 4 is 22.6 Å². The van der Waals surface area contributed by atoms with Crippen LogP contribution in [0.2, 0.25) is 0 Å². The summed E-state index contributed by atoms with van der Waals surface area (Å²) in [6.45, 7) is 4.17. The van der Waals surface area contributed by atoms with Crippen LogP contribution in [0, 0.1) is 3.57 Å². The van der Waals surface area contributed by atoms with Crippen LogP contribution in [-0.4, -0.2) is 17.1 Å². The highest BCUT2D eigenvalue weighted by molar-refractivity contribution is 14.1. The number of aromatic amines is 1. The molecule has 1 aromatic heterocycles. The molecule has 0 fully saturated rings. The van der Waals surface area contributed by atoms with Crippen LogP contribution >= 0.6 is 22.6 Å². The lowest BCUT2D eigenvalue weighted by molar-refractivity contribution is 0.0871. The molecule has 1 atom stereocenters. The van der Waals surface area contributed by atoms with Crippen molar-refractivity contribution in [2.75, 3.05) is 7.11 Å². The van der Waals surface area contributed by atoms with Gasteiger partial charge in [-0.15, -0.1) is 0 Å². The molecule has 5 heteroatoms. The van der Waals surface area contributed by atoms with E-state index in [0.717, 1.165) is 31.4 Å². The molecule has 1 heterocycles. The molecular formula is C12H19IN2O2. The number of hydrogen-bond acceptors (Lipinski definition) is 3. The Kier molecular flexibility index (Phi) is 6.11. The van der Waals surface area contributed by atoms with Gasteiger partial charge in [-0.25, -0.2) is 4.98 Å². The molecule has 0 aliphatic heterocycles. The molecule has 0 radical (unpaired) electrons. The van der Waals surface area contributed by atoms with E-state index < -0.39 is 0 Å². The van der Waals surface area contributed by atoms with E-state index in [4.69, 9.17) is 4.74 Å². The van der Waals surface area contributed by atoms with Crippen molar-refractivity contribution in [3.8, 4) is 0 Å². The van der Waals surface area contributed by atoms with Crippen LogP contribution < -0.4 is 5.56 Å². The number of rotatable bonds is 6. The second-order valence-corrected chi connectivity index (χ2v) is 5.05. The summed E-state index contributed by atoms with van der Waals surface area (Å²) < 4.78 is 6.06. The van der Waals surface area contributed by atoms with Gasteiger partial charge in [0.25, 0.3) is 5.56 Å². The summed E-state index contributed by atoms with van der Waals surface area (Å²) >= 11 is 2.05.